The second-order valence-electron chi connectivity index (χ2n) is 7.59. The van der Waals surface area contributed by atoms with Gasteiger partial charge >= 0.3 is 0 Å². The summed E-state index contributed by atoms with van der Waals surface area (Å²) in [6, 6.07) is 10.4. The minimum Gasteiger partial charge on any atom is -0.378 e. The van der Waals surface area contributed by atoms with E-state index in [-0.39, 0.29) is 24.1 Å². The molecule has 2 aliphatic rings. The van der Waals surface area contributed by atoms with E-state index in [4.69, 9.17) is 4.74 Å². The van der Waals surface area contributed by atoms with Crippen LogP contribution in [0.1, 0.15) is 12.0 Å². The van der Waals surface area contributed by atoms with Gasteiger partial charge in [0.05, 0.1) is 24.8 Å². The molecule has 0 bridgehead atoms. The van der Waals surface area contributed by atoms with E-state index in [1.54, 1.807) is 17.0 Å². The van der Waals surface area contributed by atoms with Crippen molar-refractivity contribution < 1.29 is 18.7 Å². The van der Waals surface area contributed by atoms with Gasteiger partial charge in [-0.2, -0.15) is 0 Å². The summed E-state index contributed by atoms with van der Waals surface area (Å²) in [7, 11) is 0. The van der Waals surface area contributed by atoms with Gasteiger partial charge in [-0.05, 0) is 48.9 Å². The quantitative estimate of drug-likeness (QED) is 0.731. The van der Waals surface area contributed by atoms with E-state index in [2.05, 4.69) is 21.2 Å². The number of benzene rings is 2. The van der Waals surface area contributed by atoms with E-state index < -0.39 is 5.92 Å². The summed E-state index contributed by atoms with van der Waals surface area (Å²) in [5.74, 6) is -1.24. The number of ether oxygens (including phenoxy) is 1. The van der Waals surface area contributed by atoms with E-state index in [9.17, 15) is 14.0 Å². The first kappa shape index (κ1) is 20.8. The molecule has 2 heterocycles. The number of carbonyl (C=O) groups is 2. The fourth-order valence-corrected chi connectivity index (χ4v) is 4.07. The van der Waals surface area contributed by atoms with Crippen LogP contribution in [-0.4, -0.2) is 44.7 Å². The molecule has 0 radical (unpaired) electrons. The topological polar surface area (TPSA) is 61.9 Å². The lowest BCUT2D eigenvalue weighted by atomic mass is 10.1. The number of morpholine rings is 1. The summed E-state index contributed by atoms with van der Waals surface area (Å²) in [6.45, 7) is 4.67. The monoisotopic (exact) mass is 475 g/mol. The number of aryl methyl sites for hydroxylation is 1. The van der Waals surface area contributed by atoms with Crippen LogP contribution in [0.15, 0.2) is 40.9 Å². The molecule has 2 aliphatic heterocycles. The minimum atomic E-state index is -0.483. The first-order valence-corrected chi connectivity index (χ1v) is 10.7. The SMILES string of the molecule is Cc1cc(N2CC(C(=O)Nc3ccc(N4CCOCC4)c(F)c3)CC2=O)ccc1Br. The smallest absolute Gasteiger partial charge is 0.229 e. The van der Waals surface area contributed by atoms with Crippen LogP contribution >= 0.6 is 15.9 Å². The molecule has 0 aliphatic carbocycles. The highest BCUT2D eigenvalue weighted by Gasteiger charge is 2.35. The summed E-state index contributed by atoms with van der Waals surface area (Å²) in [6.07, 6.45) is 0.134. The van der Waals surface area contributed by atoms with Crippen LogP contribution < -0.4 is 15.1 Å². The van der Waals surface area contributed by atoms with Gasteiger partial charge in [-0.25, -0.2) is 4.39 Å². The van der Waals surface area contributed by atoms with Crippen molar-refractivity contribution in [1.29, 1.82) is 0 Å². The summed E-state index contributed by atoms with van der Waals surface area (Å²) in [5.41, 5.74) is 2.69. The zero-order chi connectivity index (χ0) is 21.3. The minimum absolute atomic E-state index is 0.0919. The molecule has 0 spiro atoms. The molecule has 1 unspecified atom stereocenters. The molecular weight excluding hydrogens is 453 g/mol. The number of nitrogens with one attached hydrogen (secondary N) is 1. The van der Waals surface area contributed by atoms with Crippen LogP contribution in [0.2, 0.25) is 0 Å². The normalized spacial score (nSPS) is 19.3. The van der Waals surface area contributed by atoms with Gasteiger partial charge in [-0.1, -0.05) is 15.9 Å². The Morgan fingerprint density at radius 1 is 1.20 bits per heavy atom. The maximum atomic E-state index is 14.6. The Balaban J connectivity index is 1.42. The van der Waals surface area contributed by atoms with Gasteiger partial charge < -0.3 is 19.9 Å². The molecule has 158 valence electrons. The Hall–Kier alpha value is -2.45. The third-order valence-corrected chi connectivity index (χ3v) is 6.41. The molecular formula is C22H23BrFN3O3. The first-order valence-electron chi connectivity index (χ1n) is 9.92. The summed E-state index contributed by atoms with van der Waals surface area (Å²) >= 11 is 3.45. The third-order valence-electron chi connectivity index (χ3n) is 5.52. The third kappa shape index (κ3) is 4.34. The Morgan fingerprint density at radius 2 is 1.97 bits per heavy atom. The number of carbonyl (C=O) groups excluding carboxylic acids is 2. The van der Waals surface area contributed by atoms with Crippen molar-refractivity contribution in [2.75, 3.05) is 48.0 Å². The Kier molecular flexibility index (Phi) is 6.06. The maximum absolute atomic E-state index is 14.6. The molecule has 2 aromatic rings. The van der Waals surface area contributed by atoms with Crippen LogP contribution in [0, 0.1) is 18.7 Å². The lowest BCUT2D eigenvalue weighted by Crippen LogP contribution is -2.36. The van der Waals surface area contributed by atoms with Gasteiger partial charge in [0.15, 0.2) is 0 Å². The Morgan fingerprint density at radius 3 is 2.67 bits per heavy atom. The number of nitrogens with zero attached hydrogens (tertiary/aromatic N) is 2. The molecule has 4 rings (SSSR count). The van der Waals surface area contributed by atoms with Crippen molar-refractivity contribution in [3.8, 4) is 0 Å². The van der Waals surface area contributed by atoms with Crippen LogP contribution in [0.3, 0.4) is 0 Å². The second kappa shape index (κ2) is 8.73. The van der Waals surface area contributed by atoms with Gasteiger partial charge in [-0.3, -0.25) is 9.59 Å². The zero-order valence-corrected chi connectivity index (χ0v) is 18.2. The highest BCUT2D eigenvalue weighted by Crippen LogP contribution is 2.30. The molecule has 0 aromatic heterocycles. The predicted molar refractivity (Wildman–Crippen MR) is 117 cm³/mol. The van der Waals surface area contributed by atoms with Crippen molar-refractivity contribution in [1.82, 2.24) is 0 Å². The fraction of sp³-hybridized carbons (Fsp3) is 0.364. The highest BCUT2D eigenvalue weighted by molar-refractivity contribution is 9.10. The van der Waals surface area contributed by atoms with Crippen LogP contribution in [0.25, 0.3) is 0 Å². The average molecular weight is 476 g/mol. The summed E-state index contributed by atoms with van der Waals surface area (Å²) < 4.78 is 20.8. The molecule has 8 heteroatoms. The lowest BCUT2D eigenvalue weighted by molar-refractivity contribution is -0.122. The molecule has 2 saturated heterocycles. The van der Waals surface area contributed by atoms with Crippen LogP contribution in [-0.2, 0) is 14.3 Å². The fourth-order valence-electron chi connectivity index (χ4n) is 3.82. The molecule has 2 aromatic carbocycles. The van der Waals surface area contributed by atoms with Crippen molar-refractivity contribution in [3.63, 3.8) is 0 Å². The van der Waals surface area contributed by atoms with E-state index in [0.29, 0.717) is 44.2 Å². The van der Waals surface area contributed by atoms with Crippen LogP contribution in [0.5, 0.6) is 0 Å². The van der Waals surface area contributed by atoms with E-state index >= 15 is 0 Å². The molecule has 0 saturated carbocycles. The Labute approximate surface area is 183 Å². The number of anilines is 3. The summed E-state index contributed by atoms with van der Waals surface area (Å²) in [5, 5.41) is 2.76. The number of hydrogen-bond acceptors (Lipinski definition) is 4. The van der Waals surface area contributed by atoms with Crippen molar-refractivity contribution in [2.45, 2.75) is 13.3 Å². The van der Waals surface area contributed by atoms with E-state index in [1.807, 2.05) is 30.0 Å². The van der Waals surface area contributed by atoms with Gasteiger partial charge in [0, 0.05) is 41.9 Å². The standard InChI is InChI=1S/C22H23BrFN3O3/c1-14-10-17(3-4-18(14)23)27-13-15(11-21(27)28)22(29)25-16-2-5-20(19(24)12-16)26-6-8-30-9-7-26/h2-5,10,12,15H,6-9,11,13H2,1H3,(H,25,29). The van der Waals surface area contributed by atoms with Gasteiger partial charge in [0.2, 0.25) is 11.8 Å². The Bertz CT molecular complexity index is 978. The van der Waals surface area contributed by atoms with E-state index in [0.717, 1.165) is 15.7 Å². The number of amides is 2. The summed E-state index contributed by atoms with van der Waals surface area (Å²) in [4.78, 5) is 28.7. The van der Waals surface area contributed by atoms with Crippen LogP contribution in [0.4, 0.5) is 21.5 Å². The molecule has 2 amide bonds. The predicted octanol–water partition coefficient (Wildman–Crippen LogP) is 3.72. The molecule has 1 N–H and O–H groups in total. The number of rotatable bonds is 4. The first-order chi connectivity index (χ1) is 14.4. The second-order valence-corrected chi connectivity index (χ2v) is 8.45. The number of halogens is 2. The zero-order valence-electron chi connectivity index (χ0n) is 16.7. The molecule has 6 nitrogen and oxygen atoms in total. The largest absolute Gasteiger partial charge is 0.378 e. The van der Waals surface area contributed by atoms with Gasteiger partial charge in [0.25, 0.3) is 0 Å². The van der Waals surface area contributed by atoms with Gasteiger partial charge in [-0.15, -0.1) is 0 Å². The van der Waals surface area contributed by atoms with E-state index in [1.165, 1.54) is 6.07 Å². The van der Waals surface area contributed by atoms with Crippen molar-refractivity contribution >= 4 is 44.8 Å². The average Bonchev–Trinajstić information content (AvgIpc) is 3.13. The molecule has 1 atom stereocenters. The van der Waals surface area contributed by atoms with Crippen molar-refractivity contribution in [2.24, 2.45) is 5.92 Å². The lowest BCUT2D eigenvalue weighted by Gasteiger charge is -2.29. The van der Waals surface area contributed by atoms with Gasteiger partial charge in [0.1, 0.15) is 5.82 Å². The number of hydrogen-bond donors (Lipinski definition) is 1. The van der Waals surface area contributed by atoms with Crippen molar-refractivity contribution in [3.05, 3.63) is 52.3 Å². The maximum Gasteiger partial charge on any atom is 0.229 e. The highest BCUT2D eigenvalue weighted by atomic mass is 79.9. The molecule has 30 heavy (non-hydrogen) atoms. The molecule has 2 fully saturated rings.